The number of benzene rings is 1. The van der Waals surface area contributed by atoms with Gasteiger partial charge in [0.2, 0.25) is 5.95 Å². The summed E-state index contributed by atoms with van der Waals surface area (Å²) in [6, 6.07) is 10.4. The number of anilines is 3. The Bertz CT molecular complexity index is 1580. The zero-order valence-electron chi connectivity index (χ0n) is 20.1. The molecule has 4 heterocycles. The molecule has 0 amide bonds. The van der Waals surface area contributed by atoms with E-state index in [2.05, 4.69) is 25.6 Å². The number of rotatable bonds is 6. The number of hydrogen-bond donors (Lipinski definition) is 2. The third-order valence-electron chi connectivity index (χ3n) is 6.90. The van der Waals surface area contributed by atoms with Gasteiger partial charge in [0.05, 0.1) is 12.2 Å². The van der Waals surface area contributed by atoms with Gasteiger partial charge in [-0.25, -0.2) is 9.37 Å². The molecule has 2 fully saturated rings. The first kappa shape index (κ1) is 23.1. The molecule has 1 saturated carbocycles. The third kappa shape index (κ3) is 4.61. The molecule has 1 aromatic carbocycles. The van der Waals surface area contributed by atoms with Crippen molar-refractivity contribution >= 4 is 28.4 Å². The van der Waals surface area contributed by atoms with Crippen LogP contribution in [0.1, 0.15) is 35.4 Å². The van der Waals surface area contributed by atoms with Crippen molar-refractivity contribution in [3.05, 3.63) is 81.8 Å². The number of nitrogens with zero attached hydrogens (tertiary/aromatic N) is 6. The largest absolute Gasteiger partial charge is 0.367 e. The van der Waals surface area contributed by atoms with Gasteiger partial charge in [-0.1, -0.05) is 0 Å². The molecular formula is C27H25FN8O. The maximum atomic E-state index is 14.9. The second-order valence-electron chi connectivity index (χ2n) is 9.41. The van der Waals surface area contributed by atoms with E-state index in [9.17, 15) is 14.4 Å². The van der Waals surface area contributed by atoms with Crippen LogP contribution >= 0.6 is 0 Å². The number of piperazine rings is 1. The van der Waals surface area contributed by atoms with Crippen LogP contribution in [-0.4, -0.2) is 45.7 Å². The van der Waals surface area contributed by atoms with Gasteiger partial charge in [0, 0.05) is 55.8 Å². The number of aromatic nitrogens is 4. The van der Waals surface area contributed by atoms with Crippen molar-refractivity contribution in [1.82, 2.24) is 24.8 Å². The lowest BCUT2D eigenvalue weighted by atomic mass is 10.1. The summed E-state index contributed by atoms with van der Waals surface area (Å²) in [4.78, 5) is 28.4. The van der Waals surface area contributed by atoms with Crippen LogP contribution in [0.25, 0.3) is 11.0 Å². The van der Waals surface area contributed by atoms with E-state index in [-0.39, 0.29) is 23.9 Å². The first-order valence-electron chi connectivity index (χ1n) is 12.4. The van der Waals surface area contributed by atoms with Gasteiger partial charge in [0.25, 0.3) is 5.56 Å². The predicted octanol–water partition coefficient (Wildman–Crippen LogP) is 3.28. The predicted molar refractivity (Wildman–Crippen MR) is 139 cm³/mol. The van der Waals surface area contributed by atoms with Gasteiger partial charge in [-0.3, -0.25) is 14.3 Å². The van der Waals surface area contributed by atoms with Crippen LogP contribution in [0.15, 0.2) is 53.7 Å². The zero-order valence-corrected chi connectivity index (χ0v) is 20.1. The number of nitriles is 1. The van der Waals surface area contributed by atoms with Gasteiger partial charge < -0.3 is 15.5 Å². The fraction of sp³-hybridized carbons (Fsp3) is 0.296. The molecule has 1 aliphatic heterocycles. The summed E-state index contributed by atoms with van der Waals surface area (Å²) >= 11 is 0. The van der Waals surface area contributed by atoms with Crippen LogP contribution in [0.4, 0.5) is 21.7 Å². The number of fused-ring (bicyclic) bond motifs is 1. The van der Waals surface area contributed by atoms with Crippen molar-refractivity contribution in [2.45, 2.75) is 25.3 Å². The SMILES string of the molecule is N#Cc1cc2cnc(Nc3ccc(N4CCNCC4)c(F)c3)nc2n(Cc2ccncc2C2CC2)c1=O. The van der Waals surface area contributed by atoms with E-state index >= 15 is 0 Å². The molecule has 186 valence electrons. The molecule has 0 spiro atoms. The van der Waals surface area contributed by atoms with Gasteiger partial charge in [-0.15, -0.1) is 0 Å². The fourth-order valence-corrected chi connectivity index (χ4v) is 4.83. The lowest BCUT2D eigenvalue weighted by molar-refractivity contribution is 0.566. The molecule has 0 atom stereocenters. The summed E-state index contributed by atoms with van der Waals surface area (Å²) in [6.45, 7) is 3.41. The highest BCUT2D eigenvalue weighted by Crippen LogP contribution is 2.41. The van der Waals surface area contributed by atoms with Gasteiger partial charge in [-0.2, -0.15) is 10.2 Å². The smallest absolute Gasteiger partial charge is 0.270 e. The molecule has 3 aromatic heterocycles. The topological polar surface area (TPSA) is 112 Å². The van der Waals surface area contributed by atoms with Gasteiger partial charge in [0.1, 0.15) is 23.1 Å². The summed E-state index contributed by atoms with van der Waals surface area (Å²) in [5, 5.41) is 16.4. The Morgan fingerprint density at radius 1 is 1.16 bits per heavy atom. The molecule has 37 heavy (non-hydrogen) atoms. The standard InChI is InChI=1S/C27H25FN8O/c28-23-12-21(3-4-24(23)35-9-7-30-8-10-35)33-27-32-14-20-11-19(13-29)26(37)36(25(20)34-27)16-18-5-6-31-15-22(18)17-1-2-17/h3-6,11-12,14-15,17,30H,1-2,7-10,16H2,(H,32,33,34). The Kier molecular flexibility index (Phi) is 5.98. The number of hydrogen-bond acceptors (Lipinski definition) is 8. The zero-order chi connectivity index (χ0) is 25.4. The first-order valence-corrected chi connectivity index (χ1v) is 12.4. The second kappa shape index (κ2) is 9.59. The van der Waals surface area contributed by atoms with Crippen LogP contribution in [-0.2, 0) is 6.54 Å². The van der Waals surface area contributed by atoms with Gasteiger partial charge in [0.15, 0.2) is 0 Å². The van der Waals surface area contributed by atoms with Crippen LogP contribution in [0.2, 0.25) is 0 Å². The minimum Gasteiger partial charge on any atom is -0.367 e. The molecule has 9 nitrogen and oxygen atoms in total. The molecule has 1 saturated heterocycles. The molecule has 0 bridgehead atoms. The highest BCUT2D eigenvalue weighted by molar-refractivity contribution is 5.77. The Morgan fingerprint density at radius 3 is 2.76 bits per heavy atom. The van der Waals surface area contributed by atoms with Crippen LogP contribution in [0.5, 0.6) is 0 Å². The van der Waals surface area contributed by atoms with E-state index in [4.69, 9.17) is 0 Å². The van der Waals surface area contributed by atoms with E-state index < -0.39 is 5.56 Å². The van der Waals surface area contributed by atoms with Crippen molar-refractivity contribution in [1.29, 1.82) is 5.26 Å². The maximum Gasteiger partial charge on any atom is 0.270 e. The lowest BCUT2D eigenvalue weighted by Gasteiger charge is -2.29. The fourth-order valence-electron chi connectivity index (χ4n) is 4.83. The minimum atomic E-state index is -0.412. The molecule has 0 radical (unpaired) electrons. The van der Waals surface area contributed by atoms with Crippen molar-refractivity contribution in [2.75, 3.05) is 36.4 Å². The summed E-state index contributed by atoms with van der Waals surface area (Å²) in [6.07, 6.45) is 7.35. The number of pyridine rings is 2. The lowest BCUT2D eigenvalue weighted by Crippen LogP contribution is -2.43. The quantitative estimate of drug-likeness (QED) is 0.418. The second-order valence-corrected chi connectivity index (χ2v) is 9.41. The summed E-state index contributed by atoms with van der Waals surface area (Å²) in [5.41, 5.74) is 3.19. The Balaban J connectivity index is 1.35. The normalized spacial score (nSPS) is 15.5. The molecule has 2 N–H and O–H groups in total. The highest BCUT2D eigenvalue weighted by atomic mass is 19.1. The Hall–Kier alpha value is -4.36. The van der Waals surface area contributed by atoms with Crippen molar-refractivity contribution in [3.8, 4) is 6.07 Å². The first-order chi connectivity index (χ1) is 18.1. The molecule has 10 heteroatoms. The highest BCUT2D eigenvalue weighted by Gasteiger charge is 2.26. The molecule has 1 aliphatic carbocycles. The van der Waals surface area contributed by atoms with Gasteiger partial charge >= 0.3 is 0 Å². The molecule has 4 aromatic rings. The summed E-state index contributed by atoms with van der Waals surface area (Å²) in [5.74, 6) is 0.362. The van der Waals surface area contributed by atoms with Gasteiger partial charge in [-0.05, 0) is 60.2 Å². The third-order valence-corrected chi connectivity index (χ3v) is 6.90. The van der Waals surface area contributed by atoms with E-state index in [0.29, 0.717) is 28.3 Å². The Labute approximate surface area is 212 Å². The van der Waals surface area contributed by atoms with Crippen molar-refractivity contribution in [3.63, 3.8) is 0 Å². The Morgan fingerprint density at radius 2 is 2.00 bits per heavy atom. The number of halogens is 1. The molecular weight excluding hydrogens is 471 g/mol. The average molecular weight is 497 g/mol. The summed E-state index contributed by atoms with van der Waals surface area (Å²) in [7, 11) is 0. The van der Waals surface area contributed by atoms with E-state index in [1.54, 1.807) is 24.5 Å². The average Bonchev–Trinajstić information content (AvgIpc) is 3.77. The van der Waals surface area contributed by atoms with E-state index in [1.165, 1.54) is 16.7 Å². The molecule has 6 rings (SSSR count). The maximum absolute atomic E-state index is 14.9. The van der Waals surface area contributed by atoms with Crippen molar-refractivity contribution in [2.24, 2.45) is 0 Å². The minimum absolute atomic E-state index is 0.0319. The molecule has 0 unspecified atom stereocenters. The summed E-state index contributed by atoms with van der Waals surface area (Å²) < 4.78 is 16.4. The van der Waals surface area contributed by atoms with Crippen molar-refractivity contribution < 1.29 is 4.39 Å². The monoisotopic (exact) mass is 496 g/mol. The van der Waals surface area contributed by atoms with E-state index in [1.807, 2.05) is 23.2 Å². The molecule has 2 aliphatic rings. The number of nitrogens with one attached hydrogen (secondary N) is 2. The van der Waals surface area contributed by atoms with Crippen LogP contribution in [0, 0.1) is 17.1 Å². The van der Waals surface area contributed by atoms with Crippen LogP contribution < -0.4 is 21.1 Å². The van der Waals surface area contributed by atoms with Crippen LogP contribution in [0.3, 0.4) is 0 Å². The van der Waals surface area contributed by atoms with E-state index in [0.717, 1.165) is 50.1 Å².